The maximum Gasteiger partial charge on any atom is 0.326 e. The van der Waals surface area contributed by atoms with Gasteiger partial charge in [0.1, 0.15) is 18.3 Å². The van der Waals surface area contributed by atoms with Crippen molar-refractivity contribution < 1.29 is 9.53 Å². The Kier molecular flexibility index (Phi) is 4.34. The number of hydrogen-bond donors (Lipinski definition) is 0. The van der Waals surface area contributed by atoms with Crippen molar-refractivity contribution in [3.05, 3.63) is 70.0 Å². The van der Waals surface area contributed by atoms with Crippen LogP contribution in [0.1, 0.15) is 5.56 Å². The van der Waals surface area contributed by atoms with Crippen molar-refractivity contribution in [3.8, 4) is 0 Å². The number of nitrogens with zero attached hydrogens (tertiary/aromatic N) is 3. The van der Waals surface area contributed by atoms with E-state index in [1.54, 1.807) is 36.4 Å². The van der Waals surface area contributed by atoms with Crippen LogP contribution in [0.4, 0.5) is 0 Å². The molecule has 0 spiro atoms. The van der Waals surface area contributed by atoms with Gasteiger partial charge in [0.15, 0.2) is 0 Å². The second-order valence-corrected chi connectivity index (χ2v) is 5.23. The Balaban J connectivity index is 1.69. The molecular formula is C16H12ClN3O3. The highest BCUT2D eigenvalue weighted by atomic mass is 35.5. The van der Waals surface area contributed by atoms with Crippen LogP contribution < -0.4 is 5.56 Å². The lowest BCUT2D eigenvalue weighted by molar-refractivity contribution is -0.145. The van der Waals surface area contributed by atoms with Crippen molar-refractivity contribution in [2.75, 3.05) is 0 Å². The molecule has 0 bridgehead atoms. The molecule has 2 heterocycles. The standard InChI is InChI=1S/C16H12ClN3O3/c17-14-6-5-11(7-18-14)9-23-15(21)8-20-10-19-13-4-2-1-3-12(13)16(20)22/h1-7,10H,8-9H2. The Morgan fingerprint density at radius 1 is 1.17 bits per heavy atom. The van der Waals surface area contributed by atoms with Gasteiger partial charge in [-0.25, -0.2) is 9.97 Å². The third-order valence-electron chi connectivity index (χ3n) is 3.22. The molecular weight excluding hydrogens is 318 g/mol. The summed E-state index contributed by atoms with van der Waals surface area (Å²) >= 11 is 5.68. The van der Waals surface area contributed by atoms with Crippen LogP contribution in [-0.2, 0) is 22.7 Å². The molecule has 0 atom stereocenters. The monoisotopic (exact) mass is 329 g/mol. The molecule has 0 N–H and O–H groups in total. The topological polar surface area (TPSA) is 74.1 Å². The Labute approximate surface area is 136 Å². The van der Waals surface area contributed by atoms with Crippen LogP contribution in [0.25, 0.3) is 10.9 Å². The molecule has 1 aromatic carbocycles. The fourth-order valence-electron chi connectivity index (χ4n) is 2.06. The van der Waals surface area contributed by atoms with Gasteiger partial charge in [-0.3, -0.25) is 14.2 Å². The highest BCUT2D eigenvalue weighted by Gasteiger charge is 2.09. The van der Waals surface area contributed by atoms with Gasteiger partial charge in [0.25, 0.3) is 5.56 Å². The lowest BCUT2D eigenvalue weighted by atomic mass is 10.2. The van der Waals surface area contributed by atoms with E-state index in [9.17, 15) is 9.59 Å². The number of ether oxygens (including phenoxy) is 1. The average Bonchev–Trinajstić information content (AvgIpc) is 2.57. The van der Waals surface area contributed by atoms with Crippen LogP contribution in [0, 0.1) is 0 Å². The molecule has 0 amide bonds. The minimum Gasteiger partial charge on any atom is -0.459 e. The molecule has 0 aliphatic carbocycles. The van der Waals surface area contributed by atoms with E-state index in [0.29, 0.717) is 21.6 Å². The predicted octanol–water partition coefficient (Wildman–Crippen LogP) is 2.19. The third-order valence-corrected chi connectivity index (χ3v) is 3.44. The van der Waals surface area contributed by atoms with Crippen LogP contribution in [0.15, 0.2) is 53.7 Å². The van der Waals surface area contributed by atoms with Crippen molar-refractivity contribution in [3.63, 3.8) is 0 Å². The second kappa shape index (κ2) is 6.58. The molecule has 3 rings (SSSR count). The summed E-state index contributed by atoms with van der Waals surface area (Å²) in [6, 6.07) is 10.3. The fraction of sp³-hybridized carbons (Fsp3) is 0.125. The zero-order valence-corrected chi connectivity index (χ0v) is 12.7. The SMILES string of the molecule is O=C(Cn1cnc2ccccc2c1=O)OCc1ccc(Cl)nc1. The first-order chi connectivity index (χ1) is 11.1. The number of hydrogen-bond acceptors (Lipinski definition) is 5. The molecule has 0 aliphatic heterocycles. The number of pyridine rings is 1. The summed E-state index contributed by atoms with van der Waals surface area (Å²) in [6.45, 7) is -0.129. The van der Waals surface area contributed by atoms with Gasteiger partial charge in [-0.05, 0) is 18.2 Å². The van der Waals surface area contributed by atoms with E-state index in [-0.39, 0.29) is 18.7 Å². The van der Waals surface area contributed by atoms with Gasteiger partial charge in [-0.2, -0.15) is 0 Å². The van der Waals surface area contributed by atoms with Crippen molar-refractivity contribution >= 4 is 28.5 Å². The quantitative estimate of drug-likeness (QED) is 0.542. The Bertz CT molecular complexity index is 906. The first kappa shape index (κ1) is 15.2. The maximum absolute atomic E-state index is 12.3. The molecule has 6 nitrogen and oxygen atoms in total. The molecule has 116 valence electrons. The summed E-state index contributed by atoms with van der Waals surface area (Å²) in [7, 11) is 0. The van der Waals surface area contributed by atoms with Crippen LogP contribution in [-0.4, -0.2) is 20.5 Å². The minimum absolute atomic E-state index is 0.0682. The first-order valence-electron chi connectivity index (χ1n) is 6.84. The van der Waals surface area contributed by atoms with Crippen molar-refractivity contribution in [1.82, 2.24) is 14.5 Å². The normalized spacial score (nSPS) is 10.7. The first-order valence-corrected chi connectivity index (χ1v) is 7.21. The fourth-order valence-corrected chi connectivity index (χ4v) is 2.17. The number of halogens is 1. The summed E-state index contributed by atoms with van der Waals surface area (Å²) in [4.78, 5) is 32.2. The maximum atomic E-state index is 12.3. The molecule has 7 heteroatoms. The summed E-state index contributed by atoms with van der Waals surface area (Å²) < 4.78 is 6.36. The Morgan fingerprint density at radius 3 is 2.78 bits per heavy atom. The molecule has 0 aliphatic rings. The molecule has 3 aromatic rings. The minimum atomic E-state index is -0.529. The number of benzene rings is 1. The van der Waals surface area contributed by atoms with E-state index in [1.165, 1.54) is 17.1 Å². The number of rotatable bonds is 4. The molecule has 2 aromatic heterocycles. The smallest absolute Gasteiger partial charge is 0.326 e. The van der Waals surface area contributed by atoms with Gasteiger partial charge in [0.05, 0.1) is 17.2 Å². The Morgan fingerprint density at radius 2 is 2.00 bits per heavy atom. The molecule has 0 saturated heterocycles. The summed E-state index contributed by atoms with van der Waals surface area (Å²) in [6.07, 6.45) is 2.87. The number of carbonyl (C=O) groups is 1. The van der Waals surface area contributed by atoms with Crippen LogP contribution in [0.5, 0.6) is 0 Å². The zero-order valence-electron chi connectivity index (χ0n) is 12.0. The lowest BCUT2D eigenvalue weighted by Crippen LogP contribution is -2.25. The molecule has 0 saturated carbocycles. The highest BCUT2D eigenvalue weighted by molar-refractivity contribution is 6.29. The van der Waals surface area contributed by atoms with E-state index in [2.05, 4.69) is 9.97 Å². The van der Waals surface area contributed by atoms with E-state index < -0.39 is 5.97 Å². The van der Waals surface area contributed by atoms with Gasteiger partial charge in [0.2, 0.25) is 0 Å². The second-order valence-electron chi connectivity index (χ2n) is 4.84. The number of esters is 1. The Hall–Kier alpha value is -2.73. The van der Waals surface area contributed by atoms with Crippen LogP contribution in [0.3, 0.4) is 0 Å². The number of aromatic nitrogens is 3. The van der Waals surface area contributed by atoms with Gasteiger partial charge in [0, 0.05) is 11.8 Å². The van der Waals surface area contributed by atoms with Crippen molar-refractivity contribution in [2.45, 2.75) is 13.2 Å². The van der Waals surface area contributed by atoms with Crippen LogP contribution in [0.2, 0.25) is 5.15 Å². The number of fused-ring (bicyclic) bond motifs is 1. The van der Waals surface area contributed by atoms with E-state index in [4.69, 9.17) is 16.3 Å². The summed E-state index contributed by atoms with van der Waals surface area (Å²) in [5.74, 6) is -0.529. The van der Waals surface area contributed by atoms with Gasteiger partial charge in [-0.15, -0.1) is 0 Å². The van der Waals surface area contributed by atoms with Crippen molar-refractivity contribution in [2.24, 2.45) is 0 Å². The van der Waals surface area contributed by atoms with Gasteiger partial charge < -0.3 is 4.74 Å². The zero-order chi connectivity index (χ0) is 16.2. The largest absolute Gasteiger partial charge is 0.459 e. The van der Waals surface area contributed by atoms with E-state index >= 15 is 0 Å². The lowest BCUT2D eigenvalue weighted by Gasteiger charge is -2.07. The van der Waals surface area contributed by atoms with Gasteiger partial charge in [-0.1, -0.05) is 29.8 Å². The summed E-state index contributed by atoms with van der Waals surface area (Å²) in [5.41, 5.74) is 1.03. The van der Waals surface area contributed by atoms with Gasteiger partial charge >= 0.3 is 5.97 Å². The molecule has 0 unspecified atom stereocenters. The predicted molar refractivity (Wildman–Crippen MR) is 85.0 cm³/mol. The molecule has 0 fully saturated rings. The summed E-state index contributed by atoms with van der Waals surface area (Å²) in [5, 5.41) is 0.832. The van der Waals surface area contributed by atoms with E-state index in [0.717, 1.165) is 0 Å². The van der Waals surface area contributed by atoms with Crippen molar-refractivity contribution in [1.29, 1.82) is 0 Å². The average molecular weight is 330 g/mol. The molecule has 23 heavy (non-hydrogen) atoms. The van der Waals surface area contributed by atoms with E-state index in [1.807, 2.05) is 0 Å². The highest BCUT2D eigenvalue weighted by Crippen LogP contribution is 2.07. The molecule has 0 radical (unpaired) electrons. The number of carbonyl (C=O) groups excluding carboxylic acids is 1. The van der Waals surface area contributed by atoms with Crippen LogP contribution >= 0.6 is 11.6 Å². The third kappa shape index (κ3) is 3.54. The number of para-hydroxylation sites is 1.